The largest absolute Gasteiger partial charge is 0.346 e. The summed E-state index contributed by atoms with van der Waals surface area (Å²) in [4.78, 5) is 20.6. The van der Waals surface area contributed by atoms with Gasteiger partial charge in [0.2, 0.25) is 0 Å². The van der Waals surface area contributed by atoms with E-state index in [2.05, 4.69) is 31.0 Å². The molecular formula is C19H16ClN5. The quantitative estimate of drug-likeness (QED) is 0.557. The number of hydrogen-bond donors (Lipinski definition) is 1. The molecule has 0 saturated heterocycles. The molecule has 6 heteroatoms. The molecule has 0 aromatic carbocycles. The van der Waals surface area contributed by atoms with Gasteiger partial charge in [0.1, 0.15) is 16.6 Å². The van der Waals surface area contributed by atoms with Crippen LogP contribution < -0.4 is 0 Å². The molecule has 0 radical (unpaired) electrons. The fourth-order valence-corrected chi connectivity index (χ4v) is 2.90. The highest BCUT2D eigenvalue weighted by Crippen LogP contribution is 2.18. The first-order chi connectivity index (χ1) is 12.3. The number of H-pyrrole nitrogens is 1. The maximum atomic E-state index is 5.80. The minimum Gasteiger partial charge on any atom is -0.346 e. The fourth-order valence-electron chi connectivity index (χ4n) is 2.79. The molecule has 4 aromatic rings. The third-order valence-corrected chi connectivity index (χ3v) is 4.34. The van der Waals surface area contributed by atoms with Crippen molar-refractivity contribution in [1.82, 2.24) is 24.9 Å². The normalized spacial score (nSPS) is 11.1. The zero-order valence-corrected chi connectivity index (χ0v) is 14.2. The molecule has 0 fully saturated rings. The molecule has 0 spiro atoms. The van der Waals surface area contributed by atoms with E-state index in [-0.39, 0.29) is 0 Å². The van der Waals surface area contributed by atoms with Crippen LogP contribution in [0.25, 0.3) is 11.0 Å². The number of aromatic nitrogens is 5. The minimum absolute atomic E-state index is 0.511. The number of pyridine rings is 2. The Hall–Kier alpha value is -2.79. The first-order valence-electron chi connectivity index (χ1n) is 8.09. The van der Waals surface area contributed by atoms with Gasteiger partial charge in [-0.2, -0.15) is 0 Å². The highest BCUT2D eigenvalue weighted by atomic mass is 35.5. The van der Waals surface area contributed by atoms with Crippen molar-refractivity contribution in [2.45, 2.75) is 19.3 Å². The Labute approximate surface area is 150 Å². The molecular weight excluding hydrogens is 334 g/mol. The standard InChI is InChI=1S/C19H16ClN5/c20-17-5-3-13(9-22-17)4-6-18-23-10-14(11-24-18)8-15-12-25-19-16(15)2-1-7-21-19/h1-3,5,7,9-12H,4,6,8H2,(H,21,25). The van der Waals surface area contributed by atoms with Crippen molar-refractivity contribution >= 4 is 22.6 Å². The summed E-state index contributed by atoms with van der Waals surface area (Å²) in [7, 11) is 0. The Kier molecular flexibility index (Phi) is 4.39. The van der Waals surface area contributed by atoms with Gasteiger partial charge in [-0.15, -0.1) is 0 Å². The molecule has 4 heterocycles. The van der Waals surface area contributed by atoms with Gasteiger partial charge in [-0.1, -0.05) is 17.7 Å². The molecule has 4 rings (SSSR count). The number of aryl methyl sites for hydroxylation is 2. The minimum atomic E-state index is 0.511. The monoisotopic (exact) mass is 349 g/mol. The van der Waals surface area contributed by atoms with Crippen LogP contribution in [0.15, 0.2) is 55.2 Å². The molecule has 0 bridgehead atoms. The number of aromatic amines is 1. The van der Waals surface area contributed by atoms with E-state index < -0.39 is 0 Å². The van der Waals surface area contributed by atoms with Crippen LogP contribution in [-0.2, 0) is 19.3 Å². The lowest BCUT2D eigenvalue weighted by Gasteiger charge is -2.03. The van der Waals surface area contributed by atoms with Crippen molar-refractivity contribution in [3.8, 4) is 0 Å². The van der Waals surface area contributed by atoms with Gasteiger partial charge in [0, 0.05) is 49.2 Å². The highest BCUT2D eigenvalue weighted by molar-refractivity contribution is 6.29. The van der Waals surface area contributed by atoms with Gasteiger partial charge in [0.25, 0.3) is 0 Å². The summed E-state index contributed by atoms with van der Waals surface area (Å²) in [6.07, 6.45) is 11.8. The SMILES string of the molecule is Clc1ccc(CCc2ncc(Cc3c[nH]c4ncccc34)cn2)cn1. The molecule has 0 aliphatic heterocycles. The van der Waals surface area contributed by atoms with E-state index in [9.17, 15) is 0 Å². The third-order valence-electron chi connectivity index (χ3n) is 4.12. The van der Waals surface area contributed by atoms with Crippen LogP contribution in [0.3, 0.4) is 0 Å². The smallest absolute Gasteiger partial charge is 0.137 e. The summed E-state index contributed by atoms with van der Waals surface area (Å²) >= 11 is 5.80. The summed E-state index contributed by atoms with van der Waals surface area (Å²) in [5.74, 6) is 0.833. The summed E-state index contributed by atoms with van der Waals surface area (Å²) in [6, 6.07) is 7.81. The Morgan fingerprint density at radius 1 is 0.880 bits per heavy atom. The van der Waals surface area contributed by atoms with Crippen LogP contribution in [0.4, 0.5) is 0 Å². The fraction of sp³-hybridized carbons (Fsp3) is 0.158. The third kappa shape index (κ3) is 3.67. The number of nitrogens with zero attached hydrogens (tertiary/aromatic N) is 4. The Bertz CT molecular complexity index is 977. The number of fused-ring (bicyclic) bond motifs is 1. The topological polar surface area (TPSA) is 67.3 Å². The first kappa shape index (κ1) is 15.7. The van der Waals surface area contributed by atoms with Crippen molar-refractivity contribution < 1.29 is 0 Å². The van der Waals surface area contributed by atoms with Crippen molar-refractivity contribution in [3.63, 3.8) is 0 Å². The van der Waals surface area contributed by atoms with Crippen molar-refractivity contribution in [2.24, 2.45) is 0 Å². The second-order valence-corrected chi connectivity index (χ2v) is 6.27. The van der Waals surface area contributed by atoms with Gasteiger partial charge in [-0.05, 0) is 41.3 Å². The lowest BCUT2D eigenvalue weighted by Crippen LogP contribution is -2.00. The van der Waals surface area contributed by atoms with Crippen LogP contribution in [0.2, 0.25) is 5.15 Å². The first-order valence-corrected chi connectivity index (χ1v) is 8.47. The summed E-state index contributed by atoms with van der Waals surface area (Å²) < 4.78 is 0. The van der Waals surface area contributed by atoms with E-state index in [1.54, 1.807) is 18.5 Å². The van der Waals surface area contributed by atoms with Crippen molar-refractivity contribution in [1.29, 1.82) is 0 Å². The van der Waals surface area contributed by atoms with Gasteiger partial charge in [0.05, 0.1) is 0 Å². The van der Waals surface area contributed by atoms with Gasteiger partial charge in [-0.25, -0.2) is 19.9 Å². The molecule has 0 unspecified atom stereocenters. The number of rotatable bonds is 5. The Balaban J connectivity index is 1.42. The van der Waals surface area contributed by atoms with Crippen LogP contribution >= 0.6 is 11.6 Å². The lowest BCUT2D eigenvalue weighted by atomic mass is 10.1. The molecule has 0 aliphatic rings. The summed E-state index contributed by atoms with van der Waals surface area (Å²) in [5, 5.41) is 1.65. The molecule has 0 amide bonds. The number of nitrogens with one attached hydrogen (secondary N) is 1. The molecule has 0 atom stereocenters. The van der Waals surface area contributed by atoms with Gasteiger partial charge >= 0.3 is 0 Å². The Morgan fingerprint density at radius 2 is 1.72 bits per heavy atom. The van der Waals surface area contributed by atoms with E-state index in [4.69, 9.17) is 11.6 Å². The maximum Gasteiger partial charge on any atom is 0.137 e. The van der Waals surface area contributed by atoms with Gasteiger partial charge < -0.3 is 4.98 Å². The van der Waals surface area contributed by atoms with Crippen molar-refractivity contribution in [2.75, 3.05) is 0 Å². The van der Waals surface area contributed by atoms with Crippen LogP contribution in [0.1, 0.15) is 22.5 Å². The molecule has 124 valence electrons. The van der Waals surface area contributed by atoms with Crippen LogP contribution in [0, 0.1) is 0 Å². The molecule has 1 N–H and O–H groups in total. The predicted molar refractivity (Wildman–Crippen MR) is 97.6 cm³/mol. The predicted octanol–water partition coefficient (Wildman–Crippen LogP) is 3.78. The van der Waals surface area contributed by atoms with E-state index in [0.717, 1.165) is 47.2 Å². The van der Waals surface area contributed by atoms with Gasteiger partial charge in [0.15, 0.2) is 0 Å². The lowest BCUT2D eigenvalue weighted by molar-refractivity contribution is 0.845. The van der Waals surface area contributed by atoms with E-state index in [1.165, 1.54) is 5.56 Å². The molecule has 4 aromatic heterocycles. The molecule has 5 nitrogen and oxygen atoms in total. The number of hydrogen-bond acceptors (Lipinski definition) is 4. The summed E-state index contributed by atoms with van der Waals surface area (Å²) in [5.41, 5.74) is 4.32. The average Bonchev–Trinajstić information content (AvgIpc) is 3.06. The molecule has 25 heavy (non-hydrogen) atoms. The maximum absolute atomic E-state index is 5.80. The zero-order valence-electron chi connectivity index (χ0n) is 13.5. The van der Waals surface area contributed by atoms with E-state index >= 15 is 0 Å². The van der Waals surface area contributed by atoms with Crippen molar-refractivity contribution in [3.05, 3.63) is 82.9 Å². The highest BCUT2D eigenvalue weighted by Gasteiger charge is 2.06. The van der Waals surface area contributed by atoms with Crippen LogP contribution in [0.5, 0.6) is 0 Å². The van der Waals surface area contributed by atoms with E-state index in [1.807, 2.05) is 30.7 Å². The zero-order chi connectivity index (χ0) is 17.1. The summed E-state index contributed by atoms with van der Waals surface area (Å²) in [6.45, 7) is 0. The van der Waals surface area contributed by atoms with Gasteiger partial charge in [-0.3, -0.25) is 0 Å². The average molecular weight is 350 g/mol. The second kappa shape index (κ2) is 6.99. The second-order valence-electron chi connectivity index (χ2n) is 5.89. The number of halogens is 1. The molecule has 0 saturated carbocycles. The van der Waals surface area contributed by atoms with Crippen LogP contribution in [-0.4, -0.2) is 24.9 Å². The Morgan fingerprint density at radius 3 is 2.52 bits per heavy atom. The molecule has 0 aliphatic carbocycles. The van der Waals surface area contributed by atoms with E-state index in [0.29, 0.717) is 5.15 Å².